The molecule has 1 heterocycles. The fourth-order valence-electron chi connectivity index (χ4n) is 2.54. The maximum atomic E-state index is 14.4. The standard InChI is InChI=1S/C19H23FN4O3S/c1-13(2)11-24-12-16(5-7-19(24)25)22-10-14(9-21)17-6-4-15(8-18(17)20)23-28(3,26)27/h4-10,12-13,21-23H,11H2,1-3H3/b14-10+,21-9?. The maximum Gasteiger partial charge on any atom is 0.250 e. The zero-order valence-electron chi connectivity index (χ0n) is 15.9. The predicted molar refractivity (Wildman–Crippen MR) is 111 cm³/mol. The third kappa shape index (κ3) is 6.05. The van der Waals surface area contributed by atoms with Gasteiger partial charge in [-0.2, -0.15) is 0 Å². The molecule has 0 aliphatic carbocycles. The third-order valence-electron chi connectivity index (χ3n) is 3.68. The Hall–Kier alpha value is -2.94. The van der Waals surface area contributed by atoms with Crippen LogP contribution in [0.2, 0.25) is 0 Å². The van der Waals surface area contributed by atoms with Crippen LogP contribution in [0.15, 0.2) is 47.5 Å². The van der Waals surface area contributed by atoms with Crippen LogP contribution in [0.4, 0.5) is 15.8 Å². The highest BCUT2D eigenvalue weighted by Crippen LogP contribution is 2.21. The Morgan fingerprint density at radius 1 is 1.25 bits per heavy atom. The van der Waals surface area contributed by atoms with E-state index in [1.54, 1.807) is 16.8 Å². The van der Waals surface area contributed by atoms with E-state index in [4.69, 9.17) is 5.41 Å². The molecule has 1 aromatic heterocycles. The van der Waals surface area contributed by atoms with Gasteiger partial charge in [0.05, 0.1) is 17.6 Å². The lowest BCUT2D eigenvalue weighted by atomic mass is 10.1. The van der Waals surface area contributed by atoms with E-state index in [2.05, 4.69) is 10.0 Å². The van der Waals surface area contributed by atoms with E-state index in [1.165, 1.54) is 24.4 Å². The van der Waals surface area contributed by atoms with Gasteiger partial charge >= 0.3 is 0 Å². The van der Waals surface area contributed by atoms with Gasteiger partial charge in [0.25, 0.3) is 5.56 Å². The van der Waals surface area contributed by atoms with Gasteiger partial charge in [-0.3, -0.25) is 9.52 Å². The van der Waals surface area contributed by atoms with Crippen LogP contribution < -0.4 is 15.6 Å². The molecule has 0 spiro atoms. The Bertz CT molecular complexity index is 1060. The fourth-order valence-corrected chi connectivity index (χ4v) is 3.09. The summed E-state index contributed by atoms with van der Waals surface area (Å²) in [5, 5.41) is 10.5. The molecule has 7 nitrogen and oxygen atoms in total. The summed E-state index contributed by atoms with van der Waals surface area (Å²) in [5.74, 6) is -0.372. The van der Waals surface area contributed by atoms with E-state index in [-0.39, 0.29) is 22.4 Å². The first-order valence-corrected chi connectivity index (χ1v) is 10.4. The lowest BCUT2D eigenvalue weighted by Gasteiger charge is -2.11. The number of nitrogens with one attached hydrogen (secondary N) is 3. The van der Waals surface area contributed by atoms with Crippen molar-refractivity contribution >= 4 is 33.2 Å². The number of aromatic nitrogens is 1. The average Bonchev–Trinajstić information content (AvgIpc) is 2.57. The molecule has 0 bridgehead atoms. The summed E-state index contributed by atoms with van der Waals surface area (Å²) >= 11 is 0. The van der Waals surface area contributed by atoms with Gasteiger partial charge in [-0.05, 0) is 30.2 Å². The normalized spacial score (nSPS) is 12.1. The summed E-state index contributed by atoms with van der Waals surface area (Å²) < 4.78 is 40.7. The summed E-state index contributed by atoms with van der Waals surface area (Å²) in [5.41, 5.74) is 0.995. The van der Waals surface area contributed by atoms with Crippen LogP contribution >= 0.6 is 0 Å². The molecule has 0 atom stereocenters. The first-order valence-electron chi connectivity index (χ1n) is 8.54. The SMILES string of the molecule is CC(C)Cn1cc(N/C=C(\C=N)c2ccc(NS(C)(=O)=O)cc2F)ccc1=O. The minimum absolute atomic E-state index is 0.0989. The van der Waals surface area contributed by atoms with Crippen molar-refractivity contribution in [1.29, 1.82) is 5.41 Å². The molecule has 0 saturated carbocycles. The van der Waals surface area contributed by atoms with Gasteiger partial charge in [0.1, 0.15) is 5.82 Å². The van der Waals surface area contributed by atoms with Crippen molar-refractivity contribution < 1.29 is 12.8 Å². The van der Waals surface area contributed by atoms with Crippen molar-refractivity contribution in [2.45, 2.75) is 20.4 Å². The summed E-state index contributed by atoms with van der Waals surface area (Å²) in [4.78, 5) is 11.9. The van der Waals surface area contributed by atoms with E-state index in [1.807, 2.05) is 13.8 Å². The molecule has 1 aromatic carbocycles. The molecule has 150 valence electrons. The van der Waals surface area contributed by atoms with Gasteiger partial charge in [-0.1, -0.05) is 13.8 Å². The molecular formula is C19H23FN4O3S. The number of nitrogens with zero attached hydrogens (tertiary/aromatic N) is 1. The van der Waals surface area contributed by atoms with Gasteiger partial charge in [0.15, 0.2) is 0 Å². The van der Waals surface area contributed by atoms with Crippen molar-refractivity contribution in [3.8, 4) is 0 Å². The minimum atomic E-state index is -3.51. The Kier molecular flexibility index (Phi) is 6.74. The van der Waals surface area contributed by atoms with Crippen LogP contribution in [-0.2, 0) is 16.6 Å². The fraction of sp³-hybridized carbons (Fsp3) is 0.263. The summed E-state index contributed by atoms with van der Waals surface area (Å²) in [7, 11) is -3.51. The van der Waals surface area contributed by atoms with Gasteiger partial charge in [-0.15, -0.1) is 0 Å². The largest absolute Gasteiger partial charge is 0.360 e. The second-order valence-corrected chi connectivity index (χ2v) is 8.51. The highest BCUT2D eigenvalue weighted by Gasteiger charge is 2.10. The number of anilines is 2. The van der Waals surface area contributed by atoms with Crippen molar-refractivity contribution in [3.05, 3.63) is 64.5 Å². The number of rotatable bonds is 8. The van der Waals surface area contributed by atoms with Crippen molar-refractivity contribution in [1.82, 2.24) is 4.57 Å². The summed E-state index contributed by atoms with van der Waals surface area (Å²) in [6.45, 7) is 4.58. The number of hydrogen-bond donors (Lipinski definition) is 3. The van der Waals surface area contributed by atoms with E-state index in [0.29, 0.717) is 18.2 Å². The second-order valence-electron chi connectivity index (χ2n) is 6.76. The number of halogens is 1. The van der Waals surface area contributed by atoms with Crippen LogP contribution in [-0.4, -0.2) is 25.5 Å². The Balaban J connectivity index is 2.27. The van der Waals surface area contributed by atoms with Crippen LogP contribution in [0.3, 0.4) is 0 Å². The van der Waals surface area contributed by atoms with Gasteiger partial charge in [0, 0.05) is 42.4 Å². The van der Waals surface area contributed by atoms with E-state index >= 15 is 0 Å². The van der Waals surface area contributed by atoms with Gasteiger partial charge < -0.3 is 15.3 Å². The molecule has 2 rings (SSSR count). The highest BCUT2D eigenvalue weighted by molar-refractivity contribution is 7.92. The van der Waals surface area contributed by atoms with E-state index in [0.717, 1.165) is 18.5 Å². The predicted octanol–water partition coefficient (Wildman–Crippen LogP) is 3.12. The average molecular weight is 406 g/mol. The third-order valence-corrected chi connectivity index (χ3v) is 4.28. The topological polar surface area (TPSA) is 104 Å². The van der Waals surface area contributed by atoms with Gasteiger partial charge in [-0.25, -0.2) is 12.8 Å². The molecule has 9 heteroatoms. The Labute approximate surface area is 163 Å². The molecular weight excluding hydrogens is 383 g/mol. The zero-order valence-corrected chi connectivity index (χ0v) is 16.7. The molecule has 0 aliphatic heterocycles. The van der Waals surface area contributed by atoms with Crippen molar-refractivity contribution in [2.24, 2.45) is 5.92 Å². The van der Waals surface area contributed by atoms with Crippen molar-refractivity contribution in [2.75, 3.05) is 16.3 Å². The molecule has 3 N–H and O–H groups in total. The molecule has 2 aromatic rings. The first-order chi connectivity index (χ1) is 13.1. The zero-order chi connectivity index (χ0) is 20.9. The van der Waals surface area contributed by atoms with E-state index < -0.39 is 15.8 Å². The molecule has 0 fully saturated rings. The van der Waals surface area contributed by atoms with Gasteiger partial charge in [0.2, 0.25) is 10.0 Å². The lowest BCUT2D eigenvalue weighted by Crippen LogP contribution is -2.21. The first kappa shape index (κ1) is 21.4. The van der Waals surface area contributed by atoms with Crippen molar-refractivity contribution in [3.63, 3.8) is 0 Å². The van der Waals surface area contributed by atoms with Crippen LogP contribution in [0.25, 0.3) is 5.57 Å². The number of pyridine rings is 1. The quantitative estimate of drug-likeness (QED) is 0.586. The number of sulfonamides is 1. The Morgan fingerprint density at radius 3 is 2.50 bits per heavy atom. The molecule has 0 unspecified atom stereocenters. The molecule has 0 saturated heterocycles. The monoisotopic (exact) mass is 406 g/mol. The minimum Gasteiger partial charge on any atom is -0.360 e. The maximum absolute atomic E-state index is 14.4. The summed E-state index contributed by atoms with van der Waals surface area (Å²) in [6, 6.07) is 6.90. The van der Waals surface area contributed by atoms with Crippen LogP contribution in [0, 0.1) is 17.1 Å². The van der Waals surface area contributed by atoms with E-state index in [9.17, 15) is 17.6 Å². The summed E-state index contributed by atoms with van der Waals surface area (Å²) in [6.07, 6.45) is 5.08. The lowest BCUT2D eigenvalue weighted by molar-refractivity contribution is 0.511. The number of benzene rings is 1. The number of allylic oxidation sites excluding steroid dienone is 1. The Morgan fingerprint density at radius 2 is 1.93 bits per heavy atom. The van der Waals surface area contributed by atoms with Crippen LogP contribution in [0.5, 0.6) is 0 Å². The smallest absolute Gasteiger partial charge is 0.250 e. The highest BCUT2D eigenvalue weighted by atomic mass is 32.2. The molecule has 0 radical (unpaired) electrons. The molecule has 28 heavy (non-hydrogen) atoms. The van der Waals surface area contributed by atoms with Crippen LogP contribution in [0.1, 0.15) is 19.4 Å². The number of hydrogen-bond acceptors (Lipinski definition) is 5. The second kappa shape index (κ2) is 8.83. The molecule has 0 amide bonds. The molecule has 0 aliphatic rings.